The number of hydrogen-bond acceptors (Lipinski definition) is 2. The number of nitrogens with one attached hydrogen (secondary N) is 1. The minimum absolute atomic E-state index is 0.238. The zero-order valence-electron chi connectivity index (χ0n) is 14.0. The van der Waals surface area contributed by atoms with Gasteiger partial charge in [-0.2, -0.15) is 0 Å². The van der Waals surface area contributed by atoms with Gasteiger partial charge >= 0.3 is 0 Å². The third-order valence-electron chi connectivity index (χ3n) is 4.04. The average molecular weight is 323 g/mol. The van der Waals surface area contributed by atoms with Crippen molar-refractivity contribution < 1.29 is 4.39 Å². The van der Waals surface area contributed by atoms with Gasteiger partial charge in [0, 0.05) is 35.9 Å². The zero-order valence-corrected chi connectivity index (χ0v) is 14.0. The summed E-state index contributed by atoms with van der Waals surface area (Å²) in [5.41, 5.74) is 10.4. The second kappa shape index (κ2) is 6.89. The van der Waals surface area contributed by atoms with Crippen LogP contribution >= 0.6 is 0 Å². The largest absolute Gasteiger partial charge is 0.383 e. The summed E-state index contributed by atoms with van der Waals surface area (Å²) in [6.07, 6.45) is 1.99. The molecule has 0 aliphatic rings. The Bertz CT molecular complexity index is 889. The molecular weight excluding hydrogens is 301 g/mol. The number of nitrogens with two attached hydrogens (primary N) is 1. The van der Waals surface area contributed by atoms with Crippen LogP contribution in [0.2, 0.25) is 0 Å². The van der Waals surface area contributed by atoms with Gasteiger partial charge in [0.15, 0.2) is 0 Å². The quantitative estimate of drug-likeness (QED) is 0.743. The van der Waals surface area contributed by atoms with Crippen LogP contribution in [0.25, 0.3) is 22.3 Å². The molecule has 124 valence electrons. The Balaban J connectivity index is 2.24. The highest BCUT2D eigenvalue weighted by atomic mass is 19.1. The molecule has 0 fully saturated rings. The predicted molar refractivity (Wildman–Crippen MR) is 98.6 cm³/mol. The third-order valence-corrected chi connectivity index (χ3v) is 4.04. The van der Waals surface area contributed by atoms with Gasteiger partial charge in [0.1, 0.15) is 5.82 Å². The van der Waals surface area contributed by atoms with Crippen molar-refractivity contribution in [2.24, 2.45) is 5.73 Å². The number of hydrogen-bond donors (Lipinski definition) is 2. The van der Waals surface area contributed by atoms with Crippen LogP contribution < -0.4 is 11.1 Å². The van der Waals surface area contributed by atoms with E-state index in [1.54, 1.807) is 12.1 Å². The number of fused-ring (bicyclic) bond motifs is 1. The first-order valence-electron chi connectivity index (χ1n) is 8.10. The minimum atomic E-state index is -0.238. The van der Waals surface area contributed by atoms with Crippen LogP contribution in [0.15, 0.2) is 60.3 Å². The highest BCUT2D eigenvalue weighted by Crippen LogP contribution is 2.30. The fourth-order valence-electron chi connectivity index (χ4n) is 2.96. The first-order chi connectivity index (χ1) is 11.6. The molecule has 0 spiro atoms. The summed E-state index contributed by atoms with van der Waals surface area (Å²) in [5.74, 6) is -0.238. The first kappa shape index (κ1) is 16.3. The molecule has 0 bridgehead atoms. The molecule has 0 aliphatic heterocycles. The Morgan fingerprint density at radius 1 is 1.08 bits per heavy atom. The van der Waals surface area contributed by atoms with Gasteiger partial charge in [0.2, 0.25) is 0 Å². The lowest BCUT2D eigenvalue weighted by Crippen LogP contribution is -2.21. The fourth-order valence-corrected chi connectivity index (χ4v) is 2.96. The summed E-state index contributed by atoms with van der Waals surface area (Å²) in [6, 6.07) is 14.9. The lowest BCUT2D eigenvalue weighted by atomic mass is 10.1. The molecule has 1 aromatic heterocycles. The van der Waals surface area contributed by atoms with Gasteiger partial charge in [0.25, 0.3) is 0 Å². The van der Waals surface area contributed by atoms with E-state index in [2.05, 4.69) is 25.2 Å². The average Bonchev–Trinajstić information content (AvgIpc) is 2.95. The molecule has 0 unspecified atom stereocenters. The van der Waals surface area contributed by atoms with Crippen molar-refractivity contribution in [1.82, 2.24) is 9.88 Å². The van der Waals surface area contributed by atoms with E-state index in [1.165, 1.54) is 11.6 Å². The van der Waals surface area contributed by atoms with Gasteiger partial charge in [-0.3, -0.25) is 0 Å². The monoisotopic (exact) mass is 323 g/mol. The van der Waals surface area contributed by atoms with E-state index in [9.17, 15) is 4.39 Å². The molecule has 3 rings (SSSR count). The van der Waals surface area contributed by atoms with E-state index in [1.807, 2.05) is 35.0 Å². The van der Waals surface area contributed by atoms with Crippen molar-refractivity contribution in [2.75, 3.05) is 13.1 Å². The Morgan fingerprint density at radius 3 is 2.50 bits per heavy atom. The standard InChI is InChI=1S/C20H22FN3/c1-14(2)20(23-12-11-22)16-13-24(18-9-5-3-7-15(16)18)19-10-6-4-8-17(19)21/h3-10,13,23H,11-12,22H2,1-2H3. The van der Waals surface area contributed by atoms with E-state index >= 15 is 0 Å². The SMILES string of the molecule is CC(C)=C(NCCN)c1cn(-c2ccccc2F)c2ccccc12. The molecule has 0 aliphatic carbocycles. The number of halogens is 1. The summed E-state index contributed by atoms with van der Waals surface area (Å²) in [6.45, 7) is 5.38. The second-order valence-electron chi connectivity index (χ2n) is 5.97. The Labute approximate surface area is 141 Å². The van der Waals surface area contributed by atoms with Gasteiger partial charge in [-0.1, -0.05) is 35.9 Å². The molecule has 0 saturated heterocycles. The summed E-state index contributed by atoms with van der Waals surface area (Å²) in [7, 11) is 0. The normalized spacial score (nSPS) is 10.8. The summed E-state index contributed by atoms with van der Waals surface area (Å²) >= 11 is 0. The highest BCUT2D eigenvalue weighted by Gasteiger charge is 2.15. The van der Waals surface area contributed by atoms with Gasteiger partial charge in [-0.15, -0.1) is 0 Å². The fraction of sp³-hybridized carbons (Fsp3) is 0.200. The number of nitrogens with zero attached hydrogens (tertiary/aromatic N) is 1. The molecule has 3 nitrogen and oxygen atoms in total. The summed E-state index contributed by atoms with van der Waals surface area (Å²) in [4.78, 5) is 0. The molecule has 1 heterocycles. The van der Waals surface area contributed by atoms with Gasteiger partial charge in [0.05, 0.1) is 11.2 Å². The van der Waals surface area contributed by atoms with Crippen LogP contribution in [0.1, 0.15) is 19.4 Å². The van der Waals surface area contributed by atoms with Crippen molar-refractivity contribution in [3.05, 3.63) is 71.7 Å². The molecular formula is C20H22FN3. The zero-order chi connectivity index (χ0) is 17.1. The summed E-state index contributed by atoms with van der Waals surface area (Å²) < 4.78 is 16.2. The molecule has 0 saturated carbocycles. The Morgan fingerprint density at radius 2 is 1.79 bits per heavy atom. The van der Waals surface area contributed by atoms with Gasteiger partial charge in [-0.05, 0) is 32.0 Å². The van der Waals surface area contributed by atoms with E-state index in [0.717, 1.165) is 22.2 Å². The van der Waals surface area contributed by atoms with Crippen molar-refractivity contribution in [1.29, 1.82) is 0 Å². The third kappa shape index (κ3) is 2.93. The van der Waals surface area contributed by atoms with Crippen LogP contribution in [-0.4, -0.2) is 17.7 Å². The molecule has 3 N–H and O–H groups in total. The van der Waals surface area contributed by atoms with Crippen molar-refractivity contribution in [2.45, 2.75) is 13.8 Å². The molecule has 0 radical (unpaired) electrons. The number of allylic oxidation sites excluding steroid dienone is 1. The highest BCUT2D eigenvalue weighted by molar-refractivity contribution is 5.94. The van der Waals surface area contributed by atoms with Crippen LogP contribution in [0.5, 0.6) is 0 Å². The maximum atomic E-state index is 14.3. The number of aromatic nitrogens is 1. The van der Waals surface area contributed by atoms with Crippen molar-refractivity contribution in [3.8, 4) is 5.69 Å². The van der Waals surface area contributed by atoms with E-state index in [0.29, 0.717) is 18.8 Å². The minimum Gasteiger partial charge on any atom is -0.383 e. The van der Waals surface area contributed by atoms with E-state index in [4.69, 9.17) is 5.73 Å². The van der Waals surface area contributed by atoms with Crippen LogP contribution in [0.4, 0.5) is 4.39 Å². The van der Waals surface area contributed by atoms with Crippen LogP contribution in [-0.2, 0) is 0 Å². The second-order valence-corrected chi connectivity index (χ2v) is 5.97. The molecule has 2 aromatic carbocycles. The predicted octanol–water partition coefficient (Wildman–Crippen LogP) is 4.07. The Kier molecular flexibility index (Phi) is 4.67. The first-order valence-corrected chi connectivity index (χ1v) is 8.10. The molecule has 0 amide bonds. The number of rotatable bonds is 5. The maximum Gasteiger partial charge on any atom is 0.147 e. The van der Waals surface area contributed by atoms with E-state index < -0.39 is 0 Å². The molecule has 3 aromatic rings. The van der Waals surface area contributed by atoms with Crippen molar-refractivity contribution >= 4 is 16.6 Å². The van der Waals surface area contributed by atoms with E-state index in [-0.39, 0.29) is 5.82 Å². The summed E-state index contributed by atoms with van der Waals surface area (Å²) in [5, 5.41) is 4.49. The lowest BCUT2D eigenvalue weighted by Gasteiger charge is -2.12. The smallest absolute Gasteiger partial charge is 0.147 e. The topological polar surface area (TPSA) is 43.0 Å². The molecule has 4 heteroatoms. The Hall–Kier alpha value is -2.59. The van der Waals surface area contributed by atoms with Gasteiger partial charge < -0.3 is 15.6 Å². The number of para-hydroxylation sites is 2. The van der Waals surface area contributed by atoms with Gasteiger partial charge in [-0.25, -0.2) is 4.39 Å². The maximum absolute atomic E-state index is 14.3. The molecule has 24 heavy (non-hydrogen) atoms. The molecule has 0 atom stereocenters. The van der Waals surface area contributed by atoms with Crippen LogP contribution in [0, 0.1) is 5.82 Å². The lowest BCUT2D eigenvalue weighted by molar-refractivity contribution is 0.619. The van der Waals surface area contributed by atoms with Crippen LogP contribution in [0.3, 0.4) is 0 Å². The van der Waals surface area contributed by atoms with Crippen molar-refractivity contribution in [3.63, 3.8) is 0 Å². The number of benzene rings is 2.